The van der Waals surface area contributed by atoms with Crippen molar-refractivity contribution in [2.75, 3.05) is 27.4 Å². The Morgan fingerprint density at radius 1 is 0.667 bits per heavy atom. The van der Waals surface area contributed by atoms with Crippen LogP contribution in [0.25, 0.3) is 11.1 Å². The molecule has 0 N–H and O–H groups in total. The molecule has 7 heteroatoms. The number of hydrogen-bond acceptors (Lipinski definition) is 7. The van der Waals surface area contributed by atoms with Crippen LogP contribution in [0.4, 0.5) is 0 Å². The number of ether oxygens (including phenoxy) is 5. The second-order valence-electron chi connectivity index (χ2n) is 7.47. The molecule has 3 aromatic rings. The van der Waals surface area contributed by atoms with E-state index in [2.05, 4.69) is 0 Å². The summed E-state index contributed by atoms with van der Waals surface area (Å²) < 4.78 is 26.8. The van der Waals surface area contributed by atoms with Gasteiger partial charge in [0.05, 0.1) is 24.9 Å². The lowest BCUT2D eigenvalue weighted by Crippen LogP contribution is -2.11. The van der Waals surface area contributed by atoms with E-state index in [0.29, 0.717) is 68.9 Å². The molecule has 0 unspecified atom stereocenters. The SMILES string of the molecule is COCCOc1ccc(C2=c3cc4c(cc3OC2=O)=C(c2ccc(OC)cc2)C(=O)O4)cc1. The van der Waals surface area contributed by atoms with E-state index in [9.17, 15) is 9.59 Å². The quantitative estimate of drug-likeness (QED) is 0.313. The van der Waals surface area contributed by atoms with Crippen LogP contribution >= 0.6 is 0 Å². The predicted molar refractivity (Wildman–Crippen MR) is 119 cm³/mol. The Hall–Kier alpha value is -4.10. The summed E-state index contributed by atoms with van der Waals surface area (Å²) in [5.41, 5.74) is 2.20. The Morgan fingerprint density at radius 2 is 1.15 bits per heavy atom. The van der Waals surface area contributed by atoms with Crippen molar-refractivity contribution < 1.29 is 33.3 Å². The molecule has 166 valence electrons. The summed E-state index contributed by atoms with van der Waals surface area (Å²) in [5, 5.41) is 1.16. The Balaban J connectivity index is 1.57. The second-order valence-corrected chi connectivity index (χ2v) is 7.47. The summed E-state index contributed by atoms with van der Waals surface area (Å²) in [6.45, 7) is 0.917. The molecule has 0 saturated carbocycles. The molecule has 2 aliphatic rings. The van der Waals surface area contributed by atoms with Gasteiger partial charge >= 0.3 is 11.9 Å². The lowest BCUT2D eigenvalue weighted by atomic mass is 10.0. The van der Waals surface area contributed by atoms with Crippen molar-refractivity contribution in [2.45, 2.75) is 0 Å². The highest BCUT2D eigenvalue weighted by Crippen LogP contribution is 2.28. The summed E-state index contributed by atoms with van der Waals surface area (Å²) in [5.74, 6) is 1.22. The van der Waals surface area contributed by atoms with Crippen LogP contribution in [0.3, 0.4) is 0 Å². The van der Waals surface area contributed by atoms with Gasteiger partial charge in [-0.15, -0.1) is 0 Å². The maximum atomic E-state index is 12.7. The second kappa shape index (κ2) is 8.44. The van der Waals surface area contributed by atoms with Crippen LogP contribution in [0, 0.1) is 0 Å². The number of rotatable bonds is 7. The molecule has 0 fully saturated rings. The molecule has 2 heterocycles. The van der Waals surface area contributed by atoms with Crippen LogP contribution in [-0.4, -0.2) is 39.4 Å². The zero-order valence-corrected chi connectivity index (χ0v) is 18.0. The molecular formula is C26H20O7. The van der Waals surface area contributed by atoms with Crippen LogP contribution in [0.1, 0.15) is 11.1 Å². The van der Waals surface area contributed by atoms with Gasteiger partial charge in [0.15, 0.2) is 0 Å². The maximum absolute atomic E-state index is 12.7. The maximum Gasteiger partial charge on any atom is 0.344 e. The standard InChI is InChI=1S/C26H20O7/c1-29-11-12-31-18-9-5-16(6-10-18)24-20-14-21-19(13-22(20)33-26(24)28)23(25(27)32-21)15-3-7-17(30-2)8-4-15/h3-10,13-14H,11-12H2,1-2H3. The molecule has 7 nitrogen and oxygen atoms in total. The van der Waals surface area contributed by atoms with Crippen molar-refractivity contribution in [3.05, 3.63) is 82.2 Å². The van der Waals surface area contributed by atoms with E-state index in [0.717, 1.165) is 0 Å². The van der Waals surface area contributed by atoms with Crippen molar-refractivity contribution in [1.29, 1.82) is 0 Å². The average Bonchev–Trinajstić information content (AvgIpc) is 3.32. The Kier molecular flexibility index (Phi) is 5.32. The first kappa shape index (κ1) is 20.8. The minimum absolute atomic E-state index is 0.387. The molecule has 0 aromatic heterocycles. The van der Waals surface area contributed by atoms with Crippen molar-refractivity contribution >= 4 is 23.1 Å². The summed E-state index contributed by atoms with van der Waals surface area (Å²) in [4.78, 5) is 25.4. The minimum atomic E-state index is -0.459. The van der Waals surface area contributed by atoms with E-state index >= 15 is 0 Å². The summed E-state index contributed by atoms with van der Waals surface area (Å²) in [7, 11) is 3.19. The fourth-order valence-electron chi connectivity index (χ4n) is 3.91. The lowest BCUT2D eigenvalue weighted by Gasteiger charge is -2.06. The van der Waals surface area contributed by atoms with Crippen LogP contribution < -0.4 is 29.4 Å². The molecule has 0 atom stereocenters. The highest BCUT2D eigenvalue weighted by molar-refractivity contribution is 6.21. The number of fused-ring (bicyclic) bond motifs is 2. The van der Waals surface area contributed by atoms with Gasteiger partial charge in [-0.05, 0) is 47.5 Å². The number of hydrogen-bond donors (Lipinski definition) is 0. The van der Waals surface area contributed by atoms with E-state index in [1.165, 1.54) is 0 Å². The van der Waals surface area contributed by atoms with E-state index in [1.807, 2.05) is 0 Å². The number of esters is 2. The monoisotopic (exact) mass is 444 g/mol. The normalized spacial score (nSPS) is 14.0. The zero-order chi connectivity index (χ0) is 22.9. The predicted octanol–water partition coefficient (Wildman–Crippen LogP) is 1.96. The van der Waals surface area contributed by atoms with E-state index in [4.69, 9.17) is 23.7 Å². The Labute approximate surface area is 189 Å². The first-order valence-electron chi connectivity index (χ1n) is 10.3. The van der Waals surface area contributed by atoms with Crippen LogP contribution in [0.15, 0.2) is 60.7 Å². The minimum Gasteiger partial charge on any atom is -0.497 e. The molecule has 0 saturated heterocycles. The average molecular weight is 444 g/mol. The largest absolute Gasteiger partial charge is 0.497 e. The van der Waals surface area contributed by atoms with Gasteiger partial charge in [0.1, 0.15) is 29.6 Å². The lowest BCUT2D eigenvalue weighted by molar-refractivity contribution is -0.128. The molecule has 3 aromatic carbocycles. The third-order valence-electron chi connectivity index (χ3n) is 5.51. The molecule has 2 aliphatic heterocycles. The van der Waals surface area contributed by atoms with Crippen molar-refractivity contribution in [1.82, 2.24) is 0 Å². The number of methoxy groups -OCH3 is 2. The number of carbonyl (C=O) groups excluding carboxylic acids is 2. The van der Waals surface area contributed by atoms with Gasteiger partial charge in [0, 0.05) is 17.5 Å². The molecule has 5 rings (SSSR count). The molecular weight excluding hydrogens is 424 g/mol. The fraction of sp³-hybridized carbons (Fsp3) is 0.154. The number of benzene rings is 3. The van der Waals surface area contributed by atoms with Gasteiger partial charge in [-0.25, -0.2) is 9.59 Å². The van der Waals surface area contributed by atoms with Crippen molar-refractivity contribution in [3.8, 4) is 23.0 Å². The van der Waals surface area contributed by atoms with Gasteiger partial charge < -0.3 is 23.7 Å². The molecule has 0 spiro atoms. The van der Waals surface area contributed by atoms with Crippen LogP contribution in [0.2, 0.25) is 0 Å². The first-order valence-corrected chi connectivity index (χ1v) is 10.3. The van der Waals surface area contributed by atoms with Gasteiger partial charge in [0.2, 0.25) is 0 Å². The molecule has 33 heavy (non-hydrogen) atoms. The smallest absolute Gasteiger partial charge is 0.344 e. The topological polar surface area (TPSA) is 80.3 Å². The molecule has 0 amide bonds. The van der Waals surface area contributed by atoms with Gasteiger partial charge in [0.25, 0.3) is 0 Å². The zero-order valence-electron chi connectivity index (χ0n) is 18.0. The van der Waals surface area contributed by atoms with Crippen molar-refractivity contribution in [3.63, 3.8) is 0 Å². The summed E-state index contributed by atoms with van der Waals surface area (Å²) in [6, 6.07) is 17.6. The third kappa shape index (κ3) is 3.72. The Bertz CT molecular complexity index is 1370. The molecule has 0 aliphatic carbocycles. The molecule has 0 radical (unpaired) electrons. The highest BCUT2D eigenvalue weighted by atomic mass is 16.5. The third-order valence-corrected chi connectivity index (χ3v) is 5.51. The van der Waals surface area contributed by atoms with E-state index in [-0.39, 0.29) is 0 Å². The number of carbonyl (C=O) groups is 2. The van der Waals surface area contributed by atoms with Gasteiger partial charge in [-0.3, -0.25) is 0 Å². The summed E-state index contributed by atoms with van der Waals surface area (Å²) >= 11 is 0. The Morgan fingerprint density at radius 3 is 1.61 bits per heavy atom. The van der Waals surface area contributed by atoms with Crippen molar-refractivity contribution in [2.24, 2.45) is 0 Å². The van der Waals surface area contributed by atoms with E-state index < -0.39 is 11.9 Å². The van der Waals surface area contributed by atoms with Crippen LogP contribution in [0.5, 0.6) is 23.0 Å². The molecule has 0 bridgehead atoms. The van der Waals surface area contributed by atoms with Gasteiger partial charge in [-0.2, -0.15) is 0 Å². The fourth-order valence-corrected chi connectivity index (χ4v) is 3.91. The van der Waals surface area contributed by atoms with E-state index in [1.54, 1.807) is 74.9 Å². The van der Waals surface area contributed by atoms with Gasteiger partial charge in [-0.1, -0.05) is 24.3 Å². The summed E-state index contributed by atoms with van der Waals surface area (Å²) in [6.07, 6.45) is 0. The first-order chi connectivity index (χ1) is 16.1. The highest BCUT2D eigenvalue weighted by Gasteiger charge is 2.30. The van der Waals surface area contributed by atoms with Crippen LogP contribution in [-0.2, 0) is 14.3 Å².